The van der Waals surface area contributed by atoms with Crippen LogP contribution in [0.25, 0.3) is 0 Å². The van der Waals surface area contributed by atoms with Gasteiger partial charge in [0.2, 0.25) is 5.91 Å². The van der Waals surface area contributed by atoms with E-state index < -0.39 is 18.1 Å². The van der Waals surface area contributed by atoms with Crippen LogP contribution in [0.15, 0.2) is 0 Å². The largest absolute Gasteiger partial charge is 0.480 e. The zero-order valence-electron chi connectivity index (χ0n) is 12.5. The van der Waals surface area contributed by atoms with Gasteiger partial charge in [0.1, 0.15) is 12.6 Å². The Morgan fingerprint density at radius 3 is 2.71 bits per heavy atom. The molecular formula is C14H24N2O5. The number of unbranched alkanes of at least 4 members (excludes halogenated alkanes) is 3. The molecular weight excluding hydrogens is 276 g/mol. The third-order valence-corrected chi connectivity index (χ3v) is 3.47. The second-order valence-corrected chi connectivity index (χ2v) is 5.13. The van der Waals surface area contributed by atoms with Gasteiger partial charge in [0.25, 0.3) is 0 Å². The van der Waals surface area contributed by atoms with E-state index in [0.717, 1.165) is 25.7 Å². The maximum absolute atomic E-state index is 11.9. The first-order valence-corrected chi connectivity index (χ1v) is 7.49. The van der Waals surface area contributed by atoms with Crippen molar-refractivity contribution in [1.29, 1.82) is 0 Å². The Kier molecular flexibility index (Phi) is 7.56. The Balaban J connectivity index is 2.20. The fourth-order valence-corrected chi connectivity index (χ4v) is 2.32. The third-order valence-electron chi connectivity index (χ3n) is 3.47. The molecule has 1 heterocycles. The minimum atomic E-state index is -1.00. The van der Waals surface area contributed by atoms with Crippen molar-refractivity contribution < 1.29 is 24.2 Å². The lowest BCUT2D eigenvalue weighted by Crippen LogP contribution is -2.45. The summed E-state index contributed by atoms with van der Waals surface area (Å²) in [6, 6.07) is -0.774. The number of aliphatic carboxylic acids is 1. The van der Waals surface area contributed by atoms with Gasteiger partial charge in [0.05, 0.1) is 6.61 Å². The summed E-state index contributed by atoms with van der Waals surface area (Å²) < 4.78 is 4.94. The minimum absolute atomic E-state index is 0.225. The highest BCUT2D eigenvalue weighted by atomic mass is 16.5. The quantitative estimate of drug-likeness (QED) is 0.660. The van der Waals surface area contributed by atoms with Crippen LogP contribution in [-0.4, -0.2) is 53.7 Å². The number of hydrogen-bond acceptors (Lipinski definition) is 4. The van der Waals surface area contributed by atoms with E-state index in [2.05, 4.69) is 12.2 Å². The highest BCUT2D eigenvalue weighted by Gasteiger charge is 2.33. The average Bonchev–Trinajstić information content (AvgIpc) is 2.94. The lowest BCUT2D eigenvalue weighted by atomic mass is 10.2. The van der Waals surface area contributed by atoms with Crippen LogP contribution in [0.3, 0.4) is 0 Å². The summed E-state index contributed by atoms with van der Waals surface area (Å²) in [6.07, 6.45) is 4.54. The number of nitrogens with zero attached hydrogens (tertiary/aromatic N) is 1. The van der Waals surface area contributed by atoms with Crippen molar-refractivity contribution in [2.75, 3.05) is 19.7 Å². The standard InChI is InChI=1S/C14H24N2O5/c1-2-3-4-5-9-21-14(20)15-10-12(17)16-8-6-7-11(16)13(18)19/h11H,2-10H2,1H3,(H,15,20)(H,18,19)/t11-/m0/s1. The maximum atomic E-state index is 11.9. The lowest BCUT2D eigenvalue weighted by molar-refractivity contribution is -0.147. The van der Waals surface area contributed by atoms with E-state index >= 15 is 0 Å². The number of rotatable bonds is 8. The van der Waals surface area contributed by atoms with Gasteiger partial charge >= 0.3 is 12.1 Å². The molecule has 1 aliphatic heterocycles. The van der Waals surface area contributed by atoms with Crippen LogP contribution in [0.5, 0.6) is 0 Å². The number of nitrogens with one attached hydrogen (secondary N) is 1. The molecule has 21 heavy (non-hydrogen) atoms. The van der Waals surface area contributed by atoms with Gasteiger partial charge in [0, 0.05) is 6.54 Å². The molecule has 120 valence electrons. The smallest absolute Gasteiger partial charge is 0.407 e. The van der Waals surface area contributed by atoms with Crippen LogP contribution in [-0.2, 0) is 14.3 Å². The molecule has 0 aromatic heterocycles. The molecule has 0 aromatic rings. The monoisotopic (exact) mass is 300 g/mol. The van der Waals surface area contributed by atoms with E-state index in [0.29, 0.717) is 26.0 Å². The third kappa shape index (κ3) is 6.01. The van der Waals surface area contributed by atoms with Crippen molar-refractivity contribution in [3.8, 4) is 0 Å². The number of ether oxygens (including phenoxy) is 1. The topological polar surface area (TPSA) is 95.9 Å². The number of alkyl carbamates (subject to hydrolysis) is 1. The molecule has 2 amide bonds. The molecule has 7 heteroatoms. The van der Waals surface area contributed by atoms with E-state index in [4.69, 9.17) is 9.84 Å². The van der Waals surface area contributed by atoms with Crippen molar-refractivity contribution >= 4 is 18.0 Å². The highest BCUT2D eigenvalue weighted by molar-refractivity contribution is 5.87. The summed E-state index contributed by atoms with van der Waals surface area (Å²) in [7, 11) is 0. The summed E-state index contributed by atoms with van der Waals surface area (Å²) in [5.74, 6) is -1.39. The Morgan fingerprint density at radius 2 is 2.05 bits per heavy atom. The number of amides is 2. The van der Waals surface area contributed by atoms with Gasteiger partial charge in [-0.1, -0.05) is 26.2 Å². The molecule has 1 fully saturated rings. The molecule has 0 spiro atoms. The summed E-state index contributed by atoms with van der Waals surface area (Å²) in [4.78, 5) is 35.5. The summed E-state index contributed by atoms with van der Waals surface area (Å²) >= 11 is 0. The first kappa shape index (κ1) is 17.3. The molecule has 0 unspecified atom stereocenters. The average molecular weight is 300 g/mol. The van der Waals surface area contributed by atoms with Gasteiger partial charge in [0.15, 0.2) is 0 Å². The van der Waals surface area contributed by atoms with E-state index in [-0.39, 0.29) is 12.5 Å². The van der Waals surface area contributed by atoms with E-state index in [1.165, 1.54) is 4.90 Å². The molecule has 7 nitrogen and oxygen atoms in total. The van der Waals surface area contributed by atoms with E-state index in [1.54, 1.807) is 0 Å². The molecule has 1 aliphatic rings. The van der Waals surface area contributed by atoms with Crippen LogP contribution >= 0.6 is 0 Å². The number of carboxylic acid groups (broad SMARTS) is 1. The predicted octanol–water partition coefficient (Wildman–Crippen LogP) is 1.37. The predicted molar refractivity (Wildman–Crippen MR) is 75.9 cm³/mol. The van der Waals surface area contributed by atoms with E-state index in [9.17, 15) is 14.4 Å². The van der Waals surface area contributed by atoms with Crippen molar-refractivity contribution in [3.05, 3.63) is 0 Å². The molecule has 2 N–H and O–H groups in total. The Bertz CT molecular complexity index is 372. The molecule has 1 rings (SSSR count). The van der Waals surface area contributed by atoms with Crippen molar-refractivity contribution in [2.24, 2.45) is 0 Å². The van der Waals surface area contributed by atoms with Crippen LogP contribution in [0, 0.1) is 0 Å². The summed E-state index contributed by atoms with van der Waals surface area (Å²) in [5, 5.41) is 11.4. The highest BCUT2D eigenvalue weighted by Crippen LogP contribution is 2.17. The van der Waals surface area contributed by atoms with E-state index in [1.807, 2.05) is 0 Å². The molecule has 0 radical (unpaired) electrons. The number of likely N-dealkylation sites (tertiary alicyclic amines) is 1. The van der Waals surface area contributed by atoms with Crippen molar-refractivity contribution in [1.82, 2.24) is 10.2 Å². The summed E-state index contributed by atoms with van der Waals surface area (Å²) in [5.41, 5.74) is 0. The number of carboxylic acids is 1. The van der Waals surface area contributed by atoms with Crippen LogP contribution in [0.2, 0.25) is 0 Å². The van der Waals surface area contributed by atoms with Crippen molar-refractivity contribution in [3.63, 3.8) is 0 Å². The molecule has 1 saturated heterocycles. The Labute approximate surface area is 124 Å². The maximum Gasteiger partial charge on any atom is 0.407 e. The zero-order chi connectivity index (χ0) is 15.7. The Morgan fingerprint density at radius 1 is 1.29 bits per heavy atom. The molecule has 0 saturated carbocycles. The van der Waals surface area contributed by atoms with Crippen molar-refractivity contribution in [2.45, 2.75) is 51.5 Å². The van der Waals surface area contributed by atoms with Gasteiger partial charge in [-0.25, -0.2) is 9.59 Å². The van der Waals surface area contributed by atoms with Gasteiger partial charge in [-0.2, -0.15) is 0 Å². The number of hydrogen-bond donors (Lipinski definition) is 2. The SMILES string of the molecule is CCCCCCOC(=O)NCC(=O)N1CCC[C@H]1C(=O)O. The minimum Gasteiger partial charge on any atom is -0.480 e. The second kappa shape index (κ2) is 9.20. The van der Waals surface area contributed by atoms with Crippen LogP contribution in [0.1, 0.15) is 45.4 Å². The van der Waals surface area contributed by atoms with Crippen LogP contribution in [0.4, 0.5) is 4.79 Å². The van der Waals surface area contributed by atoms with Gasteiger partial charge in [-0.05, 0) is 19.3 Å². The molecule has 1 atom stereocenters. The van der Waals surface area contributed by atoms with Gasteiger partial charge in [-0.15, -0.1) is 0 Å². The number of carbonyl (C=O) groups excluding carboxylic acids is 2. The summed E-state index contributed by atoms with van der Waals surface area (Å²) in [6.45, 7) is 2.63. The fourth-order valence-electron chi connectivity index (χ4n) is 2.32. The van der Waals surface area contributed by atoms with Crippen LogP contribution < -0.4 is 5.32 Å². The molecule has 0 aliphatic carbocycles. The fraction of sp³-hybridized carbons (Fsp3) is 0.786. The zero-order valence-corrected chi connectivity index (χ0v) is 12.5. The molecule has 0 aromatic carbocycles. The van der Waals surface area contributed by atoms with Gasteiger partial charge < -0.3 is 20.1 Å². The second-order valence-electron chi connectivity index (χ2n) is 5.13. The normalized spacial score (nSPS) is 17.6. The van der Waals surface area contributed by atoms with Gasteiger partial charge in [-0.3, -0.25) is 4.79 Å². The molecule has 0 bridgehead atoms. The first-order valence-electron chi connectivity index (χ1n) is 7.49. The number of carbonyl (C=O) groups is 3. The first-order chi connectivity index (χ1) is 10.1. The Hall–Kier alpha value is -1.79. The lowest BCUT2D eigenvalue weighted by Gasteiger charge is -2.21.